The number of hydrogen-bond acceptors (Lipinski definition) is 7. The molecule has 0 saturated heterocycles. The van der Waals surface area contributed by atoms with Gasteiger partial charge in [0.05, 0.1) is 27.2 Å². The quantitative estimate of drug-likeness (QED) is 0.414. The number of pyridine rings is 1. The van der Waals surface area contributed by atoms with Gasteiger partial charge in [-0.1, -0.05) is 42.5 Å². The van der Waals surface area contributed by atoms with Crippen LogP contribution in [-0.4, -0.2) is 38.0 Å². The van der Waals surface area contributed by atoms with Crippen molar-refractivity contribution in [2.24, 2.45) is 0 Å². The number of rotatable bonds is 7. The molecule has 0 saturated carbocycles. The summed E-state index contributed by atoms with van der Waals surface area (Å²) in [4.78, 5) is 32.2. The lowest BCUT2D eigenvalue weighted by atomic mass is 9.71. The molecule has 0 spiro atoms. The molecular weight excluding hydrogens is 506 g/mol. The van der Waals surface area contributed by atoms with Gasteiger partial charge in [0.15, 0.2) is 17.3 Å². The summed E-state index contributed by atoms with van der Waals surface area (Å²) in [7, 11) is 4.62. The van der Waals surface area contributed by atoms with Gasteiger partial charge in [0, 0.05) is 40.7 Å². The van der Waals surface area contributed by atoms with E-state index < -0.39 is 5.92 Å². The predicted octanol–water partition coefficient (Wildman–Crippen LogP) is 5.42. The van der Waals surface area contributed by atoms with Crippen molar-refractivity contribution in [1.29, 1.82) is 0 Å². The first kappa shape index (κ1) is 27.0. The van der Waals surface area contributed by atoms with E-state index in [1.807, 2.05) is 44.2 Å². The lowest BCUT2D eigenvalue weighted by Crippen LogP contribution is -2.37. The van der Waals surface area contributed by atoms with E-state index >= 15 is 0 Å². The van der Waals surface area contributed by atoms with Crippen molar-refractivity contribution < 1.29 is 23.8 Å². The molecule has 0 bridgehead atoms. The van der Waals surface area contributed by atoms with Crippen molar-refractivity contribution in [1.82, 2.24) is 10.3 Å². The number of benzene rings is 2. The Hall–Kier alpha value is -4.59. The van der Waals surface area contributed by atoms with Crippen LogP contribution in [0.2, 0.25) is 0 Å². The predicted molar refractivity (Wildman–Crippen MR) is 153 cm³/mol. The normalized spacial score (nSPS) is 18.6. The van der Waals surface area contributed by atoms with Crippen LogP contribution in [0.5, 0.6) is 17.2 Å². The zero-order valence-electron chi connectivity index (χ0n) is 23.3. The van der Waals surface area contributed by atoms with Crippen LogP contribution >= 0.6 is 0 Å². The smallest absolute Gasteiger partial charge is 0.255 e. The van der Waals surface area contributed by atoms with Crippen molar-refractivity contribution in [2.45, 2.75) is 38.5 Å². The number of nitrogens with one attached hydrogen (secondary N) is 2. The first-order valence-corrected chi connectivity index (χ1v) is 13.2. The second kappa shape index (κ2) is 11.3. The molecule has 2 aromatic carbocycles. The maximum Gasteiger partial charge on any atom is 0.255 e. The number of allylic oxidation sites excluding steroid dienone is 3. The molecule has 1 aliphatic carbocycles. The number of amides is 1. The van der Waals surface area contributed by atoms with Crippen molar-refractivity contribution in [3.8, 4) is 17.2 Å². The zero-order valence-corrected chi connectivity index (χ0v) is 23.3. The summed E-state index contributed by atoms with van der Waals surface area (Å²) in [6.07, 6.45) is 2.67. The van der Waals surface area contributed by atoms with Gasteiger partial charge in [-0.05, 0) is 49.4 Å². The summed E-state index contributed by atoms with van der Waals surface area (Å²) >= 11 is 0. The number of carbonyl (C=O) groups is 2. The van der Waals surface area contributed by atoms with Crippen LogP contribution in [-0.2, 0) is 9.59 Å². The van der Waals surface area contributed by atoms with E-state index in [-0.39, 0.29) is 17.6 Å². The fourth-order valence-electron chi connectivity index (χ4n) is 5.69. The number of hydrogen-bond donors (Lipinski definition) is 2. The molecule has 0 fully saturated rings. The first-order valence-electron chi connectivity index (χ1n) is 13.2. The van der Waals surface area contributed by atoms with Gasteiger partial charge in [0.25, 0.3) is 5.91 Å². The standard InChI is InChI=1S/C32H33N3O5/c1-18-11-14-26(33-17-18)35-32(37)27-19(2)34-23-15-21(20-9-7-6-8-10-20)16-24(36)29(23)28(27)22-12-13-25(38-3)31(40-5)30(22)39-4/h6-14,17,21,28,34H,15-16H2,1-5H3,(H,33,35,37)/t21-,28+/m0/s1. The highest BCUT2D eigenvalue weighted by molar-refractivity contribution is 6.10. The highest BCUT2D eigenvalue weighted by Crippen LogP contribution is 2.51. The highest BCUT2D eigenvalue weighted by atomic mass is 16.5. The van der Waals surface area contributed by atoms with Gasteiger partial charge in [-0.2, -0.15) is 0 Å². The molecule has 8 heteroatoms. The number of nitrogens with zero attached hydrogens (tertiary/aromatic N) is 1. The SMILES string of the molecule is COc1ccc([C@@H]2C(C(=O)Nc3ccc(C)cn3)=C(C)NC3=C2C(=O)C[C@@H](c2ccccc2)C3)c(OC)c1OC. The Balaban J connectivity index is 1.65. The molecule has 0 unspecified atom stereocenters. The number of dihydropyridines is 1. The van der Waals surface area contributed by atoms with E-state index in [0.29, 0.717) is 58.3 Å². The Bertz CT molecular complexity index is 1510. The number of anilines is 1. The van der Waals surface area contributed by atoms with Crippen LogP contribution in [0.3, 0.4) is 0 Å². The van der Waals surface area contributed by atoms with E-state index in [1.165, 1.54) is 14.2 Å². The number of ether oxygens (including phenoxy) is 3. The maximum atomic E-state index is 14.0. The number of aryl methyl sites for hydroxylation is 1. The Morgan fingerprint density at radius 3 is 2.33 bits per heavy atom. The molecule has 40 heavy (non-hydrogen) atoms. The van der Waals surface area contributed by atoms with Crippen LogP contribution in [0.1, 0.15) is 48.3 Å². The largest absolute Gasteiger partial charge is 0.493 e. The van der Waals surface area contributed by atoms with Crippen LogP contribution in [0, 0.1) is 6.92 Å². The lowest BCUT2D eigenvalue weighted by Gasteiger charge is -2.37. The Kier molecular flexibility index (Phi) is 7.60. The fraction of sp³-hybridized carbons (Fsp3) is 0.281. The topological polar surface area (TPSA) is 98.8 Å². The van der Waals surface area contributed by atoms with Crippen LogP contribution in [0.25, 0.3) is 0 Å². The van der Waals surface area contributed by atoms with Crippen LogP contribution < -0.4 is 24.8 Å². The molecule has 1 aliphatic heterocycles. The van der Waals surface area contributed by atoms with Crippen molar-refractivity contribution in [2.75, 3.05) is 26.6 Å². The van der Waals surface area contributed by atoms with Gasteiger partial charge in [-0.3, -0.25) is 9.59 Å². The minimum absolute atomic E-state index is 0.0179. The van der Waals surface area contributed by atoms with Gasteiger partial charge < -0.3 is 24.8 Å². The molecule has 206 valence electrons. The molecule has 0 radical (unpaired) electrons. The summed E-state index contributed by atoms with van der Waals surface area (Å²) in [6.45, 7) is 3.79. The number of Topliss-reactive ketones (excluding diaryl/α,β-unsaturated/α-hetero) is 1. The average molecular weight is 540 g/mol. The summed E-state index contributed by atoms with van der Waals surface area (Å²) in [5.74, 6) is 0.682. The van der Waals surface area contributed by atoms with Crippen LogP contribution in [0.4, 0.5) is 5.82 Å². The molecule has 2 aliphatic rings. The number of ketones is 1. The molecule has 2 N–H and O–H groups in total. The van der Waals surface area contributed by atoms with Gasteiger partial charge in [0.2, 0.25) is 5.75 Å². The van der Waals surface area contributed by atoms with E-state index in [4.69, 9.17) is 14.2 Å². The molecule has 2 atom stereocenters. The molecule has 1 aromatic heterocycles. The van der Waals surface area contributed by atoms with E-state index in [2.05, 4.69) is 27.8 Å². The number of aromatic nitrogens is 1. The summed E-state index contributed by atoms with van der Waals surface area (Å²) < 4.78 is 17.0. The third-order valence-electron chi connectivity index (χ3n) is 7.54. The van der Waals surface area contributed by atoms with E-state index in [0.717, 1.165) is 16.8 Å². The third kappa shape index (κ3) is 4.93. The molecule has 1 amide bonds. The van der Waals surface area contributed by atoms with Gasteiger partial charge in [-0.25, -0.2) is 4.98 Å². The molecule has 2 heterocycles. The molecule has 8 nitrogen and oxygen atoms in total. The Morgan fingerprint density at radius 2 is 1.68 bits per heavy atom. The first-order chi connectivity index (χ1) is 19.4. The minimum Gasteiger partial charge on any atom is -0.493 e. The Labute approximate surface area is 234 Å². The fourth-order valence-corrected chi connectivity index (χ4v) is 5.69. The van der Waals surface area contributed by atoms with Gasteiger partial charge >= 0.3 is 0 Å². The highest BCUT2D eigenvalue weighted by Gasteiger charge is 2.42. The Morgan fingerprint density at radius 1 is 0.925 bits per heavy atom. The van der Waals surface area contributed by atoms with E-state index in [1.54, 1.807) is 25.4 Å². The minimum atomic E-state index is -0.694. The summed E-state index contributed by atoms with van der Waals surface area (Å²) in [5, 5.41) is 6.35. The summed E-state index contributed by atoms with van der Waals surface area (Å²) in [6, 6.07) is 17.3. The second-order valence-corrected chi connectivity index (χ2v) is 10.0. The molecule has 5 rings (SSSR count). The van der Waals surface area contributed by atoms with Gasteiger partial charge in [-0.15, -0.1) is 0 Å². The summed E-state index contributed by atoms with van der Waals surface area (Å²) in [5.41, 5.74) is 5.18. The number of carbonyl (C=O) groups excluding carboxylic acids is 2. The van der Waals surface area contributed by atoms with Crippen molar-refractivity contribution >= 4 is 17.5 Å². The number of methoxy groups -OCH3 is 3. The second-order valence-electron chi connectivity index (χ2n) is 10.0. The lowest BCUT2D eigenvalue weighted by molar-refractivity contribution is -0.116. The third-order valence-corrected chi connectivity index (χ3v) is 7.54. The zero-order chi connectivity index (χ0) is 28.4. The average Bonchev–Trinajstić information content (AvgIpc) is 2.96. The van der Waals surface area contributed by atoms with Crippen molar-refractivity contribution in [3.63, 3.8) is 0 Å². The van der Waals surface area contributed by atoms with Gasteiger partial charge in [0.1, 0.15) is 5.82 Å². The maximum absolute atomic E-state index is 14.0. The van der Waals surface area contributed by atoms with Crippen molar-refractivity contribution in [3.05, 3.63) is 100 Å². The molecular formula is C32H33N3O5. The van der Waals surface area contributed by atoms with E-state index in [9.17, 15) is 9.59 Å². The van der Waals surface area contributed by atoms with Crippen LogP contribution in [0.15, 0.2) is 83.3 Å². The molecule has 3 aromatic rings. The monoisotopic (exact) mass is 539 g/mol.